The van der Waals surface area contributed by atoms with E-state index in [1.165, 1.54) is 0 Å². The molecule has 0 aliphatic heterocycles. The molecular weight excluding hydrogens is 292 g/mol. The Morgan fingerprint density at radius 1 is 1.25 bits per heavy atom. The zero-order valence-corrected chi connectivity index (χ0v) is 13.0. The second kappa shape index (κ2) is 7.56. The minimum Gasteiger partial charge on any atom is -0.396 e. The van der Waals surface area contributed by atoms with Crippen LogP contribution in [-0.2, 0) is 0 Å². The van der Waals surface area contributed by atoms with E-state index in [9.17, 15) is 0 Å². The molecule has 20 heavy (non-hydrogen) atoms. The van der Waals surface area contributed by atoms with Crippen molar-refractivity contribution in [1.82, 2.24) is 14.9 Å². The molecule has 108 valence electrons. The number of rotatable bonds is 7. The lowest BCUT2D eigenvalue weighted by atomic mass is 10.2. The first-order valence-corrected chi connectivity index (χ1v) is 8.56. The van der Waals surface area contributed by atoms with Crippen LogP contribution in [0.1, 0.15) is 12.8 Å². The molecule has 0 aliphatic carbocycles. The van der Waals surface area contributed by atoms with Crippen LogP contribution in [0.4, 0.5) is 0 Å². The first-order valence-electron chi connectivity index (χ1n) is 6.35. The molecule has 0 saturated heterocycles. The van der Waals surface area contributed by atoms with Gasteiger partial charge in [-0.1, -0.05) is 23.9 Å². The van der Waals surface area contributed by atoms with Gasteiger partial charge in [-0.05, 0) is 31.2 Å². The molecule has 3 N–H and O–H groups in total. The van der Waals surface area contributed by atoms with Gasteiger partial charge in [0, 0.05) is 22.8 Å². The van der Waals surface area contributed by atoms with Gasteiger partial charge in [-0.3, -0.25) is 0 Å². The Kier molecular flexibility index (Phi) is 5.75. The highest BCUT2D eigenvalue weighted by molar-refractivity contribution is 7.99. The highest BCUT2D eigenvalue weighted by Crippen LogP contribution is 2.29. The van der Waals surface area contributed by atoms with Crippen LogP contribution in [-0.4, -0.2) is 38.6 Å². The van der Waals surface area contributed by atoms with Crippen molar-refractivity contribution in [2.24, 2.45) is 0 Å². The fourth-order valence-electron chi connectivity index (χ4n) is 1.77. The maximum Gasteiger partial charge on any atom is 0.210 e. The summed E-state index contributed by atoms with van der Waals surface area (Å²) in [7, 11) is 0. The average molecular weight is 310 g/mol. The minimum absolute atomic E-state index is 0.224. The number of nitrogens with two attached hydrogens (primary N) is 1. The predicted octanol–water partition coefficient (Wildman–Crippen LogP) is 2.25. The topological polar surface area (TPSA) is 77.0 Å². The van der Waals surface area contributed by atoms with Gasteiger partial charge in [-0.15, -0.1) is 22.0 Å². The normalized spacial score (nSPS) is 10.9. The van der Waals surface area contributed by atoms with E-state index in [2.05, 4.69) is 10.2 Å². The Labute approximate surface area is 126 Å². The molecular formula is C13H18N4OS2. The summed E-state index contributed by atoms with van der Waals surface area (Å²) in [5.41, 5.74) is 0.997. The van der Waals surface area contributed by atoms with E-state index in [1.807, 2.05) is 30.5 Å². The lowest BCUT2D eigenvalue weighted by Crippen LogP contribution is -2.12. The number of thioether (sulfide) groups is 2. The molecule has 2 rings (SSSR count). The molecule has 0 radical (unpaired) electrons. The fraction of sp³-hybridized carbons (Fsp3) is 0.385. The van der Waals surface area contributed by atoms with Crippen molar-refractivity contribution in [3.05, 3.63) is 24.3 Å². The first kappa shape index (κ1) is 15.2. The SMILES string of the molecule is CSc1ccccc1-c1nnc(SCCCCO)n1N. The lowest BCUT2D eigenvalue weighted by molar-refractivity contribution is 0.287. The third kappa shape index (κ3) is 3.47. The van der Waals surface area contributed by atoms with E-state index in [1.54, 1.807) is 28.2 Å². The van der Waals surface area contributed by atoms with Gasteiger partial charge in [0.25, 0.3) is 0 Å². The second-order valence-corrected chi connectivity index (χ2v) is 6.07. The third-order valence-corrected chi connectivity index (χ3v) is 4.62. The van der Waals surface area contributed by atoms with E-state index in [-0.39, 0.29) is 6.61 Å². The summed E-state index contributed by atoms with van der Waals surface area (Å²) in [6.45, 7) is 0.224. The number of aromatic nitrogens is 3. The molecule has 0 amide bonds. The second-order valence-electron chi connectivity index (χ2n) is 4.16. The van der Waals surface area contributed by atoms with Crippen LogP contribution in [0.5, 0.6) is 0 Å². The summed E-state index contributed by atoms with van der Waals surface area (Å²) in [4.78, 5) is 1.13. The Hall–Kier alpha value is -1.18. The standard InChI is InChI=1S/C13H18N4OS2/c1-19-11-7-3-2-6-10(11)12-15-16-13(17(12)14)20-9-5-4-8-18/h2-3,6-7,18H,4-5,8-9,14H2,1H3. The minimum atomic E-state index is 0.224. The molecule has 1 heterocycles. The highest BCUT2D eigenvalue weighted by Gasteiger charge is 2.14. The predicted molar refractivity (Wildman–Crippen MR) is 84.4 cm³/mol. The zero-order chi connectivity index (χ0) is 14.4. The van der Waals surface area contributed by atoms with Crippen molar-refractivity contribution >= 4 is 23.5 Å². The molecule has 0 spiro atoms. The van der Waals surface area contributed by atoms with Gasteiger partial charge in [0.05, 0.1) is 0 Å². The lowest BCUT2D eigenvalue weighted by Gasteiger charge is -2.07. The fourth-order valence-corrected chi connectivity index (χ4v) is 3.21. The molecule has 7 heteroatoms. The van der Waals surface area contributed by atoms with Gasteiger partial charge in [0.15, 0.2) is 5.82 Å². The largest absolute Gasteiger partial charge is 0.396 e. The number of aliphatic hydroxyl groups excluding tert-OH is 1. The van der Waals surface area contributed by atoms with E-state index >= 15 is 0 Å². The van der Waals surface area contributed by atoms with E-state index in [4.69, 9.17) is 10.9 Å². The van der Waals surface area contributed by atoms with Crippen molar-refractivity contribution in [2.75, 3.05) is 24.5 Å². The van der Waals surface area contributed by atoms with Gasteiger partial charge >= 0.3 is 0 Å². The Morgan fingerprint density at radius 3 is 2.80 bits per heavy atom. The zero-order valence-electron chi connectivity index (χ0n) is 11.3. The monoisotopic (exact) mass is 310 g/mol. The van der Waals surface area contributed by atoms with E-state index in [0.717, 1.165) is 29.1 Å². The number of hydrogen-bond acceptors (Lipinski definition) is 6. The summed E-state index contributed by atoms with van der Waals surface area (Å²) in [6, 6.07) is 8.01. The van der Waals surface area contributed by atoms with Crippen LogP contribution in [0.25, 0.3) is 11.4 Å². The smallest absolute Gasteiger partial charge is 0.210 e. The maximum absolute atomic E-state index is 8.76. The molecule has 1 aromatic heterocycles. The number of aliphatic hydroxyl groups is 1. The van der Waals surface area contributed by atoms with Crippen molar-refractivity contribution in [3.8, 4) is 11.4 Å². The first-order chi connectivity index (χ1) is 9.77. The van der Waals surface area contributed by atoms with Crippen LogP contribution in [0.3, 0.4) is 0 Å². The summed E-state index contributed by atoms with van der Waals surface area (Å²) in [5, 5.41) is 17.8. The van der Waals surface area contributed by atoms with Gasteiger partial charge in [0.1, 0.15) is 0 Å². The molecule has 0 bridgehead atoms. The quantitative estimate of drug-likeness (QED) is 0.464. The Morgan fingerprint density at radius 2 is 2.05 bits per heavy atom. The van der Waals surface area contributed by atoms with E-state index < -0.39 is 0 Å². The number of benzene rings is 1. The molecule has 0 saturated carbocycles. The molecule has 0 fully saturated rings. The van der Waals surface area contributed by atoms with Crippen molar-refractivity contribution in [2.45, 2.75) is 22.9 Å². The summed E-state index contributed by atoms with van der Waals surface area (Å²) >= 11 is 3.22. The molecule has 1 aromatic carbocycles. The number of nitrogen functional groups attached to an aromatic ring is 1. The number of hydrogen-bond donors (Lipinski definition) is 2. The van der Waals surface area contributed by atoms with Crippen molar-refractivity contribution in [3.63, 3.8) is 0 Å². The number of unbranched alkanes of at least 4 members (excludes halogenated alkanes) is 1. The average Bonchev–Trinajstić information content (AvgIpc) is 2.85. The maximum atomic E-state index is 8.76. The van der Waals surface area contributed by atoms with E-state index in [0.29, 0.717) is 11.0 Å². The number of nitrogens with zero attached hydrogens (tertiary/aromatic N) is 3. The Bertz CT molecular complexity index is 559. The van der Waals surface area contributed by atoms with Gasteiger partial charge < -0.3 is 10.9 Å². The highest BCUT2D eigenvalue weighted by atomic mass is 32.2. The van der Waals surface area contributed by atoms with Crippen molar-refractivity contribution in [1.29, 1.82) is 0 Å². The van der Waals surface area contributed by atoms with Crippen LogP contribution < -0.4 is 5.84 Å². The van der Waals surface area contributed by atoms with Gasteiger partial charge in [-0.25, -0.2) is 4.68 Å². The molecule has 0 unspecified atom stereocenters. The molecule has 5 nitrogen and oxygen atoms in total. The Balaban J connectivity index is 2.16. The van der Waals surface area contributed by atoms with Crippen molar-refractivity contribution < 1.29 is 5.11 Å². The summed E-state index contributed by atoms with van der Waals surface area (Å²) in [6.07, 6.45) is 3.76. The molecule has 2 aromatic rings. The van der Waals surface area contributed by atoms with Crippen LogP contribution in [0.2, 0.25) is 0 Å². The third-order valence-electron chi connectivity index (χ3n) is 2.80. The summed E-state index contributed by atoms with van der Waals surface area (Å²) in [5.74, 6) is 7.64. The molecule has 0 aliphatic rings. The van der Waals surface area contributed by atoms with Crippen LogP contribution in [0, 0.1) is 0 Å². The summed E-state index contributed by atoms with van der Waals surface area (Å²) < 4.78 is 1.54. The molecule has 0 atom stereocenters. The van der Waals surface area contributed by atoms with Gasteiger partial charge in [0.2, 0.25) is 5.16 Å². The van der Waals surface area contributed by atoms with Crippen LogP contribution in [0.15, 0.2) is 34.3 Å². The van der Waals surface area contributed by atoms with Gasteiger partial charge in [-0.2, -0.15) is 0 Å². The van der Waals surface area contributed by atoms with Crippen LogP contribution >= 0.6 is 23.5 Å².